The van der Waals surface area contributed by atoms with Crippen molar-refractivity contribution in [1.29, 1.82) is 0 Å². The van der Waals surface area contributed by atoms with E-state index in [0.29, 0.717) is 30.8 Å². The fourth-order valence-electron chi connectivity index (χ4n) is 6.40. The van der Waals surface area contributed by atoms with Crippen molar-refractivity contribution in [3.8, 4) is 0 Å². The minimum Gasteiger partial charge on any atom is -0.481 e. The first kappa shape index (κ1) is 39.9. The summed E-state index contributed by atoms with van der Waals surface area (Å²) in [5.41, 5.74) is -0.342. The number of carboxylic acid groups (broad SMARTS) is 1. The molecule has 0 radical (unpaired) electrons. The van der Waals surface area contributed by atoms with E-state index in [4.69, 9.17) is 9.84 Å². The van der Waals surface area contributed by atoms with Crippen LogP contribution in [0.1, 0.15) is 196 Å². The maximum atomic E-state index is 13.9. The second kappa shape index (κ2) is 26.6. The zero-order valence-electron chi connectivity index (χ0n) is 28.6. The van der Waals surface area contributed by atoms with Crippen LogP contribution in [0.2, 0.25) is 0 Å². The third kappa shape index (κ3) is 19.7. The lowest BCUT2D eigenvalue weighted by Crippen LogP contribution is -2.40. The topological polar surface area (TPSA) is 63.6 Å². The summed E-state index contributed by atoms with van der Waals surface area (Å²) >= 11 is 0. The number of esters is 1. The zero-order valence-corrected chi connectivity index (χ0v) is 28.6. The molecule has 0 aliphatic carbocycles. The highest BCUT2D eigenvalue weighted by molar-refractivity contribution is 5.77. The van der Waals surface area contributed by atoms with Crippen LogP contribution in [0.4, 0.5) is 0 Å². The molecule has 0 aliphatic heterocycles. The lowest BCUT2D eigenvalue weighted by Gasteiger charge is -2.38. The molecule has 4 heteroatoms. The quantitative estimate of drug-likeness (QED) is 0.0678. The van der Waals surface area contributed by atoms with Gasteiger partial charge in [0.15, 0.2) is 0 Å². The average molecular weight is 581 g/mol. The fraction of sp³-hybridized carbons (Fsp3) is 0.946. The van der Waals surface area contributed by atoms with E-state index >= 15 is 0 Å². The molecule has 0 aromatic carbocycles. The van der Waals surface area contributed by atoms with Crippen molar-refractivity contribution >= 4 is 11.9 Å². The molecule has 0 aliphatic rings. The summed E-state index contributed by atoms with van der Waals surface area (Å²) in [6, 6.07) is 0. The molecule has 0 spiro atoms. The van der Waals surface area contributed by atoms with Gasteiger partial charge in [-0.25, -0.2) is 0 Å². The van der Waals surface area contributed by atoms with Crippen molar-refractivity contribution in [1.82, 2.24) is 0 Å². The number of ether oxygens (including phenoxy) is 1. The third-order valence-electron chi connectivity index (χ3n) is 9.71. The van der Waals surface area contributed by atoms with Crippen LogP contribution in [-0.2, 0) is 14.3 Å². The number of carbonyl (C=O) groups is 2. The number of unbranched alkanes of at least 4 members (excludes halogenated alkanes) is 14. The summed E-state index contributed by atoms with van der Waals surface area (Å²) < 4.78 is 6.19. The van der Waals surface area contributed by atoms with Crippen LogP contribution in [0.5, 0.6) is 0 Å². The van der Waals surface area contributed by atoms with E-state index in [2.05, 4.69) is 41.5 Å². The average Bonchev–Trinajstić information content (AvgIpc) is 2.95. The molecule has 3 unspecified atom stereocenters. The van der Waals surface area contributed by atoms with Gasteiger partial charge >= 0.3 is 11.9 Å². The van der Waals surface area contributed by atoms with E-state index in [0.717, 1.165) is 51.4 Å². The van der Waals surface area contributed by atoms with Crippen molar-refractivity contribution < 1.29 is 19.4 Å². The summed E-state index contributed by atoms with van der Waals surface area (Å²) in [4.78, 5) is 24.4. The van der Waals surface area contributed by atoms with Crippen LogP contribution in [0.25, 0.3) is 0 Å². The number of hydrogen-bond donors (Lipinski definition) is 1. The Balaban J connectivity index is 4.65. The van der Waals surface area contributed by atoms with Gasteiger partial charge in [0.05, 0.1) is 12.0 Å². The maximum absolute atomic E-state index is 13.9. The first-order chi connectivity index (χ1) is 19.8. The molecule has 0 aromatic heterocycles. The standard InChI is InChI=1S/C37H72O4/c1-7-11-26-33(9-3)30-37(32(5)6,36(40)41-31-34(10-4)27-12-8-2)29-25-23-21-19-17-15-13-14-16-18-20-22-24-28-35(38)39/h32-34H,7-31H2,1-6H3,(H,38,39). The monoisotopic (exact) mass is 581 g/mol. The maximum Gasteiger partial charge on any atom is 0.312 e. The molecule has 0 fully saturated rings. The van der Waals surface area contributed by atoms with Gasteiger partial charge in [0.1, 0.15) is 0 Å². The van der Waals surface area contributed by atoms with E-state index in [1.54, 1.807) is 0 Å². The molecule has 0 heterocycles. The Morgan fingerprint density at radius 1 is 0.634 bits per heavy atom. The lowest BCUT2D eigenvalue weighted by molar-refractivity contribution is -0.163. The smallest absolute Gasteiger partial charge is 0.312 e. The van der Waals surface area contributed by atoms with Gasteiger partial charge in [-0.2, -0.15) is 0 Å². The van der Waals surface area contributed by atoms with E-state index in [1.807, 2.05) is 0 Å². The van der Waals surface area contributed by atoms with Crippen molar-refractivity contribution in [3.63, 3.8) is 0 Å². The third-order valence-corrected chi connectivity index (χ3v) is 9.71. The summed E-state index contributed by atoms with van der Waals surface area (Å²) in [7, 11) is 0. The van der Waals surface area contributed by atoms with Gasteiger partial charge in [-0.1, -0.05) is 164 Å². The number of rotatable bonds is 30. The van der Waals surface area contributed by atoms with E-state index < -0.39 is 5.97 Å². The van der Waals surface area contributed by atoms with Gasteiger partial charge < -0.3 is 9.84 Å². The van der Waals surface area contributed by atoms with Crippen molar-refractivity contribution in [2.24, 2.45) is 23.2 Å². The molecule has 0 saturated carbocycles. The molecule has 244 valence electrons. The highest BCUT2D eigenvalue weighted by Crippen LogP contribution is 2.43. The zero-order chi connectivity index (χ0) is 30.8. The fourth-order valence-corrected chi connectivity index (χ4v) is 6.40. The number of carbonyl (C=O) groups excluding carboxylic acids is 1. The van der Waals surface area contributed by atoms with Crippen LogP contribution < -0.4 is 0 Å². The minimum atomic E-state index is -0.669. The van der Waals surface area contributed by atoms with Crippen molar-refractivity contribution in [3.05, 3.63) is 0 Å². The van der Waals surface area contributed by atoms with Gasteiger partial charge in [-0.15, -0.1) is 0 Å². The summed E-state index contributed by atoms with van der Waals surface area (Å²) in [5.74, 6) is 0.835. The molecular formula is C37H72O4. The van der Waals surface area contributed by atoms with Crippen LogP contribution in [0.15, 0.2) is 0 Å². The van der Waals surface area contributed by atoms with Crippen LogP contribution in [0.3, 0.4) is 0 Å². The minimum absolute atomic E-state index is 0.0966. The number of aliphatic carboxylic acids is 1. The van der Waals surface area contributed by atoms with Crippen LogP contribution >= 0.6 is 0 Å². The molecule has 0 rings (SSSR count). The van der Waals surface area contributed by atoms with Gasteiger partial charge in [-0.05, 0) is 43.4 Å². The Bertz CT molecular complexity index is 616. The van der Waals surface area contributed by atoms with E-state index in [9.17, 15) is 9.59 Å². The Kier molecular flexibility index (Phi) is 25.9. The van der Waals surface area contributed by atoms with E-state index in [1.165, 1.54) is 96.3 Å². The van der Waals surface area contributed by atoms with Crippen LogP contribution in [0, 0.1) is 23.2 Å². The molecule has 0 amide bonds. The van der Waals surface area contributed by atoms with Gasteiger partial charge in [0.25, 0.3) is 0 Å². The highest BCUT2D eigenvalue weighted by atomic mass is 16.5. The molecule has 4 nitrogen and oxygen atoms in total. The Hall–Kier alpha value is -1.06. The second-order valence-electron chi connectivity index (χ2n) is 13.4. The first-order valence-corrected chi connectivity index (χ1v) is 18.2. The van der Waals surface area contributed by atoms with Crippen molar-refractivity contribution in [2.75, 3.05) is 6.61 Å². The Morgan fingerprint density at radius 2 is 1.07 bits per heavy atom. The van der Waals surface area contributed by atoms with Crippen LogP contribution in [-0.4, -0.2) is 23.7 Å². The molecule has 1 N–H and O–H groups in total. The van der Waals surface area contributed by atoms with Crippen molar-refractivity contribution in [2.45, 2.75) is 196 Å². The predicted molar refractivity (Wildman–Crippen MR) is 176 cm³/mol. The summed E-state index contributed by atoms with van der Waals surface area (Å²) in [6.07, 6.45) is 27.6. The van der Waals surface area contributed by atoms with E-state index in [-0.39, 0.29) is 11.4 Å². The highest BCUT2D eigenvalue weighted by Gasteiger charge is 2.43. The summed E-state index contributed by atoms with van der Waals surface area (Å²) in [6.45, 7) is 14.2. The molecule has 3 atom stereocenters. The largest absolute Gasteiger partial charge is 0.481 e. The van der Waals surface area contributed by atoms with Gasteiger partial charge in [-0.3, -0.25) is 9.59 Å². The van der Waals surface area contributed by atoms with Gasteiger partial charge in [0, 0.05) is 6.42 Å². The molecular weight excluding hydrogens is 508 g/mol. The Morgan fingerprint density at radius 3 is 1.49 bits per heavy atom. The molecule has 0 bridgehead atoms. The lowest BCUT2D eigenvalue weighted by atomic mass is 9.67. The molecule has 0 aromatic rings. The predicted octanol–water partition coefficient (Wildman–Crippen LogP) is 11.9. The molecule has 0 saturated heterocycles. The Labute approximate surface area is 256 Å². The number of carboxylic acids is 1. The van der Waals surface area contributed by atoms with Gasteiger partial charge in [0.2, 0.25) is 0 Å². The first-order valence-electron chi connectivity index (χ1n) is 18.2. The summed E-state index contributed by atoms with van der Waals surface area (Å²) in [5, 5.41) is 8.70. The normalized spacial score (nSPS) is 14.6. The number of hydrogen-bond acceptors (Lipinski definition) is 3. The molecule has 41 heavy (non-hydrogen) atoms. The second-order valence-corrected chi connectivity index (χ2v) is 13.4. The SMILES string of the molecule is CCCCC(CC)COC(=O)C(CCCCCCCCCCCCCCCC(=O)O)(CC(CC)CCCC)C(C)C.